The predicted octanol–water partition coefficient (Wildman–Crippen LogP) is 4.05. The van der Waals surface area contributed by atoms with Crippen molar-refractivity contribution in [3.8, 4) is 0 Å². The molecule has 9 nitrogen and oxygen atoms in total. The zero-order chi connectivity index (χ0) is 24.7. The average Bonchev–Trinajstić information content (AvgIpc) is 3.24. The molecule has 0 aliphatic carbocycles. The minimum absolute atomic E-state index is 0. The number of fused-ring (bicyclic) bond motifs is 2. The van der Waals surface area contributed by atoms with E-state index in [-0.39, 0.29) is 56.9 Å². The topological polar surface area (TPSA) is 116 Å². The van der Waals surface area contributed by atoms with Crippen LogP contribution < -0.4 is 5.73 Å². The number of amidine groups is 1. The van der Waals surface area contributed by atoms with Crippen LogP contribution in [0.1, 0.15) is 49.1 Å². The first-order valence-electron chi connectivity index (χ1n) is 10.6. The van der Waals surface area contributed by atoms with Crippen molar-refractivity contribution in [2.45, 2.75) is 50.6 Å². The van der Waals surface area contributed by atoms with Crippen LogP contribution in [0.15, 0.2) is 26.5 Å². The van der Waals surface area contributed by atoms with E-state index < -0.39 is 34.5 Å². The maximum Gasteiger partial charge on any atom is 0.417 e. The smallest absolute Gasteiger partial charge is 0.417 e. The third-order valence-corrected chi connectivity index (χ3v) is 6.05. The molecule has 1 aromatic heterocycles. The Morgan fingerprint density at radius 1 is 1.37 bits per heavy atom. The predicted molar refractivity (Wildman–Crippen MR) is 115 cm³/mol. The van der Waals surface area contributed by atoms with E-state index >= 15 is 0 Å². The SMILES string of the molecule is CN=CN=C(N)c1cc([N-]N2[C@@H]3C[C@@H](C)C[C@@]2(c2nnc(COC)o2)C3)c(F)cc1C(F)(F)F.[Y]. The Kier molecular flexibility index (Phi) is 8.35. The second-order valence-electron chi connectivity index (χ2n) is 8.55. The van der Waals surface area contributed by atoms with Gasteiger partial charge in [-0.3, -0.25) is 4.99 Å². The second kappa shape index (κ2) is 10.6. The molecule has 3 atom stereocenters. The number of alkyl halides is 3. The fourth-order valence-electron chi connectivity index (χ4n) is 4.76. The number of hydrogen-bond acceptors (Lipinski definition) is 6. The van der Waals surface area contributed by atoms with Gasteiger partial charge in [0.15, 0.2) is 0 Å². The Bertz CT molecular complexity index is 1120. The summed E-state index contributed by atoms with van der Waals surface area (Å²) < 4.78 is 66.4. The second-order valence-corrected chi connectivity index (χ2v) is 8.55. The zero-order valence-corrected chi connectivity index (χ0v) is 22.2. The van der Waals surface area contributed by atoms with Crippen molar-refractivity contribution in [3.05, 3.63) is 46.3 Å². The summed E-state index contributed by atoms with van der Waals surface area (Å²) in [6, 6.07) is 1.29. The van der Waals surface area contributed by atoms with Crippen LogP contribution in [0.3, 0.4) is 0 Å². The van der Waals surface area contributed by atoms with Gasteiger partial charge in [-0.05, 0) is 37.3 Å². The van der Waals surface area contributed by atoms with E-state index in [1.165, 1.54) is 14.2 Å². The van der Waals surface area contributed by atoms with Crippen LogP contribution in [-0.4, -0.2) is 47.6 Å². The quantitative estimate of drug-likeness (QED) is 0.305. The number of methoxy groups -OCH3 is 1. The van der Waals surface area contributed by atoms with Gasteiger partial charge in [-0.2, -0.15) is 13.2 Å². The van der Waals surface area contributed by atoms with Crippen molar-refractivity contribution in [1.29, 1.82) is 0 Å². The molecule has 35 heavy (non-hydrogen) atoms. The zero-order valence-electron chi connectivity index (χ0n) is 19.4. The van der Waals surface area contributed by atoms with Crippen molar-refractivity contribution >= 4 is 17.9 Å². The maximum absolute atomic E-state index is 14.9. The molecule has 0 unspecified atom stereocenters. The van der Waals surface area contributed by atoms with Gasteiger partial charge in [0, 0.05) is 52.4 Å². The first-order chi connectivity index (χ1) is 16.1. The largest absolute Gasteiger partial charge is 0.616 e. The van der Waals surface area contributed by atoms with Crippen molar-refractivity contribution in [1.82, 2.24) is 15.2 Å². The Morgan fingerprint density at radius 2 is 2.11 bits per heavy atom. The van der Waals surface area contributed by atoms with E-state index in [4.69, 9.17) is 14.9 Å². The van der Waals surface area contributed by atoms with Gasteiger partial charge in [0.25, 0.3) is 0 Å². The summed E-state index contributed by atoms with van der Waals surface area (Å²) >= 11 is 0. The van der Waals surface area contributed by atoms with Crippen molar-refractivity contribution in [2.24, 2.45) is 21.6 Å². The molecule has 4 rings (SSSR count). The van der Waals surface area contributed by atoms with E-state index in [1.807, 2.05) is 0 Å². The molecule has 14 heteroatoms. The monoisotopic (exact) mass is 571 g/mol. The number of nitrogens with two attached hydrogens (primary N) is 1. The first-order valence-corrected chi connectivity index (χ1v) is 10.6. The number of aromatic nitrogens is 2. The summed E-state index contributed by atoms with van der Waals surface area (Å²) in [5.41, 5.74) is 7.39. The van der Waals surface area contributed by atoms with Gasteiger partial charge in [-0.25, -0.2) is 9.38 Å². The molecule has 0 spiro atoms. The number of hydrogen-bond donors (Lipinski definition) is 1. The van der Waals surface area contributed by atoms with E-state index in [9.17, 15) is 17.6 Å². The number of piperidine rings is 1. The number of rotatable bonds is 7. The summed E-state index contributed by atoms with van der Waals surface area (Å²) in [6.07, 6.45) is -1.77. The minimum atomic E-state index is -4.84. The van der Waals surface area contributed by atoms with Gasteiger partial charge in [0.05, 0.1) is 11.1 Å². The van der Waals surface area contributed by atoms with Crippen LogP contribution in [0.5, 0.6) is 0 Å². The van der Waals surface area contributed by atoms with Gasteiger partial charge in [-0.15, -0.1) is 10.2 Å². The number of ether oxygens (including phenoxy) is 1. The van der Waals surface area contributed by atoms with Gasteiger partial charge in [0.2, 0.25) is 11.8 Å². The van der Waals surface area contributed by atoms with Crippen molar-refractivity contribution < 1.29 is 59.4 Å². The normalized spacial score (nSPS) is 24.8. The number of benzene rings is 1. The van der Waals surface area contributed by atoms with E-state index in [1.54, 1.807) is 5.01 Å². The summed E-state index contributed by atoms with van der Waals surface area (Å²) in [4.78, 5) is 7.30. The molecule has 0 amide bonds. The third-order valence-electron chi connectivity index (χ3n) is 6.05. The molecule has 2 aliphatic rings. The fourth-order valence-corrected chi connectivity index (χ4v) is 4.76. The molecule has 1 aromatic carbocycles. The summed E-state index contributed by atoms with van der Waals surface area (Å²) in [5, 5.41) is 9.79. The van der Waals surface area contributed by atoms with Crippen LogP contribution in [0.2, 0.25) is 0 Å². The molecule has 1 radical (unpaired) electrons. The Labute approximate surface area is 224 Å². The van der Waals surface area contributed by atoms with Crippen LogP contribution >= 0.6 is 0 Å². The van der Waals surface area contributed by atoms with Gasteiger partial charge >= 0.3 is 6.18 Å². The van der Waals surface area contributed by atoms with Crippen LogP contribution in [0.4, 0.5) is 23.2 Å². The first kappa shape index (κ1) is 27.6. The van der Waals surface area contributed by atoms with Crippen LogP contribution in [0.25, 0.3) is 5.43 Å². The Hall–Kier alpha value is -1.96. The fraction of sp³-hybridized carbons (Fsp3) is 0.524. The molecule has 2 bridgehead atoms. The van der Waals surface area contributed by atoms with E-state index in [0.717, 1.165) is 18.8 Å². The molecule has 187 valence electrons. The molecule has 3 heterocycles. The summed E-state index contributed by atoms with van der Waals surface area (Å²) in [5.74, 6) is -0.668. The molecule has 2 saturated heterocycles. The van der Waals surface area contributed by atoms with Gasteiger partial charge in [-0.1, -0.05) is 18.7 Å². The average molecular weight is 571 g/mol. The third kappa shape index (κ3) is 5.28. The molecule has 2 aliphatic heterocycles. The van der Waals surface area contributed by atoms with Crippen LogP contribution in [0, 0.1) is 11.7 Å². The molecule has 2 N–H and O–H groups in total. The summed E-state index contributed by atoms with van der Waals surface area (Å²) in [7, 11) is 2.89. The molecule has 2 aromatic rings. The Balaban J connectivity index is 0.00000342. The maximum atomic E-state index is 14.9. The van der Waals surface area contributed by atoms with E-state index in [0.29, 0.717) is 30.7 Å². The number of halogens is 4. The van der Waals surface area contributed by atoms with Crippen molar-refractivity contribution in [3.63, 3.8) is 0 Å². The molecule has 2 fully saturated rings. The molecular formula is C21H24F4N7O2Y-. The number of nitrogens with zero attached hydrogens (tertiary/aromatic N) is 6. The Morgan fingerprint density at radius 3 is 2.77 bits per heavy atom. The standard InChI is InChI=1S/C21H24F4N7O2.Y/c1-11-4-12-8-20(7-11,19-30-29-17(34-19)9-33-3)32(12)31-16-5-13(18(26)28-10-27-2)14(6-15(16)22)21(23,24)25;/h5-6,10-12H,4,7-9H2,1-3H3,(H2,26,27,28);/q-1;/t11-,12-,20+;/m1./s1. The summed E-state index contributed by atoms with van der Waals surface area (Å²) in [6.45, 7) is 2.21. The van der Waals surface area contributed by atoms with E-state index in [2.05, 4.69) is 32.5 Å². The number of aliphatic imine (C=N–C) groups is 2. The van der Waals surface area contributed by atoms with Gasteiger partial charge < -0.3 is 25.3 Å². The van der Waals surface area contributed by atoms with Crippen LogP contribution in [-0.2, 0) is 55.8 Å². The van der Waals surface area contributed by atoms with Gasteiger partial charge in [0.1, 0.15) is 24.6 Å². The molecule has 0 saturated carbocycles. The minimum Gasteiger partial charge on any atom is -0.616 e. The molecular weight excluding hydrogens is 547 g/mol. The van der Waals surface area contributed by atoms with Crippen molar-refractivity contribution in [2.75, 3.05) is 14.2 Å².